The highest BCUT2D eigenvalue weighted by Crippen LogP contribution is 2.34. The zero-order valence-electron chi connectivity index (χ0n) is 12.2. The van der Waals surface area contributed by atoms with E-state index in [0.29, 0.717) is 24.4 Å². The van der Waals surface area contributed by atoms with Crippen LogP contribution in [0.15, 0.2) is 16.7 Å². The van der Waals surface area contributed by atoms with Gasteiger partial charge in [0.05, 0.1) is 11.0 Å². The summed E-state index contributed by atoms with van der Waals surface area (Å²) in [5, 5.41) is 9.32. The Kier molecular flexibility index (Phi) is 3.88. The summed E-state index contributed by atoms with van der Waals surface area (Å²) < 4.78 is 5.17. The predicted molar refractivity (Wildman–Crippen MR) is 73.5 cm³/mol. The van der Waals surface area contributed by atoms with Gasteiger partial charge in [0.2, 0.25) is 0 Å². The van der Waals surface area contributed by atoms with Gasteiger partial charge in [-0.15, -0.1) is 0 Å². The fraction of sp³-hybridized carbons (Fsp3) is 0.600. The van der Waals surface area contributed by atoms with Crippen LogP contribution in [0.25, 0.3) is 0 Å². The van der Waals surface area contributed by atoms with E-state index in [-0.39, 0.29) is 11.8 Å². The smallest absolute Gasteiger partial charge is 0.309 e. The van der Waals surface area contributed by atoms with E-state index < -0.39 is 11.4 Å². The van der Waals surface area contributed by atoms with Crippen LogP contribution in [0.3, 0.4) is 0 Å². The molecule has 5 nitrogen and oxygen atoms in total. The van der Waals surface area contributed by atoms with E-state index in [0.717, 1.165) is 12.8 Å². The van der Waals surface area contributed by atoms with Crippen LogP contribution in [0.1, 0.15) is 42.8 Å². The van der Waals surface area contributed by atoms with Crippen LogP contribution in [-0.4, -0.2) is 35.0 Å². The van der Waals surface area contributed by atoms with Crippen molar-refractivity contribution in [3.63, 3.8) is 0 Å². The van der Waals surface area contributed by atoms with E-state index >= 15 is 0 Å². The molecule has 1 saturated heterocycles. The zero-order valence-corrected chi connectivity index (χ0v) is 12.2. The first kappa shape index (κ1) is 14.6. The molecular weight excluding hydrogens is 258 g/mol. The third-order valence-electron chi connectivity index (χ3n) is 4.26. The van der Waals surface area contributed by atoms with E-state index in [1.54, 1.807) is 31.7 Å². The van der Waals surface area contributed by atoms with Gasteiger partial charge in [0.15, 0.2) is 0 Å². The maximum absolute atomic E-state index is 12.4. The summed E-state index contributed by atoms with van der Waals surface area (Å²) in [7, 11) is 0. The summed E-state index contributed by atoms with van der Waals surface area (Å²) in [6.45, 7) is 6.42. The van der Waals surface area contributed by atoms with Crippen LogP contribution in [0.5, 0.6) is 0 Å². The van der Waals surface area contributed by atoms with Crippen molar-refractivity contribution in [2.45, 2.75) is 33.6 Å². The molecule has 1 fully saturated rings. The number of nitrogens with zero attached hydrogens (tertiary/aromatic N) is 1. The molecule has 0 saturated carbocycles. The lowest BCUT2D eigenvalue weighted by atomic mass is 9.74. The molecule has 110 valence electrons. The van der Waals surface area contributed by atoms with Crippen LogP contribution in [0, 0.1) is 18.3 Å². The van der Waals surface area contributed by atoms with Crippen LogP contribution in [-0.2, 0) is 4.79 Å². The number of piperidine rings is 1. The Morgan fingerprint density at radius 3 is 2.70 bits per heavy atom. The van der Waals surface area contributed by atoms with Crippen molar-refractivity contribution in [1.82, 2.24) is 4.90 Å². The average Bonchev–Trinajstić information content (AvgIpc) is 2.84. The minimum Gasteiger partial charge on any atom is -0.481 e. The van der Waals surface area contributed by atoms with Crippen LogP contribution in [0.2, 0.25) is 0 Å². The third-order valence-corrected chi connectivity index (χ3v) is 4.26. The summed E-state index contributed by atoms with van der Waals surface area (Å²) in [5.41, 5.74) is -0.276. The van der Waals surface area contributed by atoms with Gasteiger partial charge < -0.3 is 14.4 Å². The first-order valence-electron chi connectivity index (χ1n) is 6.90. The normalized spacial score (nSPS) is 19.9. The molecule has 2 heterocycles. The average molecular weight is 279 g/mol. The van der Waals surface area contributed by atoms with E-state index in [1.807, 2.05) is 0 Å². The van der Waals surface area contributed by atoms with Gasteiger partial charge >= 0.3 is 5.97 Å². The maximum atomic E-state index is 12.4. The molecule has 0 spiro atoms. The summed E-state index contributed by atoms with van der Waals surface area (Å²) in [6.07, 6.45) is 3.14. The summed E-state index contributed by atoms with van der Waals surface area (Å²) in [4.78, 5) is 25.5. The van der Waals surface area contributed by atoms with Gasteiger partial charge in [-0.2, -0.15) is 0 Å². The molecule has 1 unspecified atom stereocenters. The molecule has 1 aliphatic rings. The maximum Gasteiger partial charge on any atom is 0.309 e. The van der Waals surface area contributed by atoms with Crippen molar-refractivity contribution in [3.05, 3.63) is 23.7 Å². The number of likely N-dealkylation sites (tertiary alicyclic amines) is 1. The lowest BCUT2D eigenvalue weighted by Crippen LogP contribution is -2.46. The van der Waals surface area contributed by atoms with Crippen molar-refractivity contribution in [1.29, 1.82) is 0 Å². The molecular formula is C15H21NO4. The molecule has 1 amide bonds. The first-order valence-corrected chi connectivity index (χ1v) is 6.90. The molecule has 5 heteroatoms. The number of hydrogen-bond donors (Lipinski definition) is 1. The number of aliphatic carboxylic acids is 1. The van der Waals surface area contributed by atoms with Gasteiger partial charge in [0.1, 0.15) is 12.0 Å². The lowest BCUT2D eigenvalue weighted by molar-refractivity contribution is -0.151. The fourth-order valence-electron chi connectivity index (χ4n) is 2.66. The van der Waals surface area contributed by atoms with Gasteiger partial charge in [0.25, 0.3) is 5.91 Å². The number of rotatable bonds is 3. The van der Waals surface area contributed by atoms with Crippen molar-refractivity contribution >= 4 is 11.9 Å². The van der Waals surface area contributed by atoms with Gasteiger partial charge in [-0.1, -0.05) is 0 Å². The van der Waals surface area contributed by atoms with E-state index in [2.05, 4.69) is 0 Å². The second kappa shape index (κ2) is 5.31. The van der Waals surface area contributed by atoms with Gasteiger partial charge in [-0.25, -0.2) is 0 Å². The molecule has 2 rings (SSSR count). The Balaban J connectivity index is 2.11. The molecule has 0 aliphatic carbocycles. The fourth-order valence-corrected chi connectivity index (χ4v) is 2.66. The zero-order chi connectivity index (χ0) is 14.9. The third kappa shape index (κ3) is 2.71. The quantitative estimate of drug-likeness (QED) is 0.923. The molecule has 20 heavy (non-hydrogen) atoms. The van der Waals surface area contributed by atoms with Crippen LogP contribution >= 0.6 is 0 Å². The van der Waals surface area contributed by atoms with Crippen LogP contribution < -0.4 is 0 Å². The molecule has 0 bridgehead atoms. The number of amides is 1. The first-order chi connectivity index (χ1) is 9.32. The minimum atomic E-state index is -0.814. The highest BCUT2D eigenvalue weighted by atomic mass is 16.4. The van der Waals surface area contributed by atoms with Gasteiger partial charge in [0, 0.05) is 13.1 Å². The highest BCUT2D eigenvalue weighted by molar-refractivity contribution is 5.94. The van der Waals surface area contributed by atoms with Gasteiger partial charge in [-0.3, -0.25) is 9.59 Å². The monoisotopic (exact) mass is 279 g/mol. The number of hydrogen-bond acceptors (Lipinski definition) is 3. The Bertz CT molecular complexity index is 518. The van der Waals surface area contributed by atoms with E-state index in [4.69, 9.17) is 4.42 Å². The number of carbonyl (C=O) groups excluding carboxylic acids is 1. The lowest BCUT2D eigenvalue weighted by Gasteiger charge is -2.39. The van der Waals surface area contributed by atoms with Crippen molar-refractivity contribution < 1.29 is 19.1 Å². The van der Waals surface area contributed by atoms with E-state index in [9.17, 15) is 14.7 Å². The second-order valence-corrected chi connectivity index (χ2v) is 6.06. The van der Waals surface area contributed by atoms with Crippen molar-refractivity contribution in [2.24, 2.45) is 11.3 Å². The number of aryl methyl sites for hydroxylation is 1. The molecule has 0 radical (unpaired) electrons. The standard InChI is InChI=1S/C15H21NO4/c1-10-7-11(9-20-10)13(17)16-6-4-5-12(8-16)15(2,3)14(18)19/h7,9,12H,4-6,8H2,1-3H3,(H,18,19). The summed E-state index contributed by atoms with van der Waals surface area (Å²) in [6, 6.07) is 1.72. The van der Waals surface area contributed by atoms with Crippen molar-refractivity contribution in [2.75, 3.05) is 13.1 Å². The molecule has 1 atom stereocenters. The Labute approximate surface area is 118 Å². The Morgan fingerprint density at radius 1 is 1.45 bits per heavy atom. The van der Waals surface area contributed by atoms with Gasteiger partial charge in [-0.05, 0) is 45.6 Å². The number of carboxylic acid groups (broad SMARTS) is 1. The SMILES string of the molecule is Cc1cc(C(=O)N2CCCC(C(C)(C)C(=O)O)C2)co1. The Hall–Kier alpha value is -1.78. The van der Waals surface area contributed by atoms with Crippen molar-refractivity contribution in [3.8, 4) is 0 Å². The molecule has 1 aromatic rings. The molecule has 0 aromatic carbocycles. The largest absolute Gasteiger partial charge is 0.481 e. The summed E-state index contributed by atoms with van der Waals surface area (Å²) in [5.74, 6) is -0.206. The Morgan fingerprint density at radius 2 is 2.15 bits per heavy atom. The number of carboxylic acids is 1. The minimum absolute atomic E-state index is 0.0225. The highest BCUT2D eigenvalue weighted by Gasteiger charge is 2.40. The number of furan rings is 1. The summed E-state index contributed by atoms with van der Waals surface area (Å²) >= 11 is 0. The second-order valence-electron chi connectivity index (χ2n) is 6.06. The molecule has 1 aromatic heterocycles. The topological polar surface area (TPSA) is 70.8 Å². The predicted octanol–water partition coefficient (Wildman–Crippen LogP) is 2.55. The van der Waals surface area contributed by atoms with E-state index in [1.165, 1.54) is 6.26 Å². The molecule has 1 N–H and O–H groups in total. The van der Waals surface area contributed by atoms with Crippen LogP contribution in [0.4, 0.5) is 0 Å². The molecule has 1 aliphatic heterocycles. The number of carbonyl (C=O) groups is 2.